The highest BCUT2D eigenvalue weighted by atomic mass is 16.5. The van der Waals surface area contributed by atoms with Gasteiger partial charge < -0.3 is 15.0 Å². The largest absolute Gasteiger partial charge is 0.449 e. The number of para-hydroxylation sites is 1. The van der Waals surface area contributed by atoms with Gasteiger partial charge in [-0.25, -0.2) is 4.79 Å². The van der Waals surface area contributed by atoms with E-state index in [1.807, 2.05) is 19.1 Å². The van der Waals surface area contributed by atoms with E-state index in [4.69, 9.17) is 4.74 Å². The Kier molecular flexibility index (Phi) is 4.84. The summed E-state index contributed by atoms with van der Waals surface area (Å²) in [6.45, 7) is 3.43. The molecule has 0 radical (unpaired) electrons. The Hall–Kier alpha value is -3.41. The van der Waals surface area contributed by atoms with Crippen molar-refractivity contribution in [3.05, 3.63) is 76.1 Å². The first-order chi connectivity index (χ1) is 12.4. The Morgan fingerprint density at radius 3 is 2.50 bits per heavy atom. The minimum Gasteiger partial charge on any atom is -0.449 e. The minimum atomic E-state index is -1.01. The number of aryl methyl sites for hydroxylation is 1. The van der Waals surface area contributed by atoms with Gasteiger partial charge in [0.05, 0.1) is 5.56 Å². The summed E-state index contributed by atoms with van der Waals surface area (Å²) in [6, 6.07) is 15.4. The van der Waals surface area contributed by atoms with Crippen molar-refractivity contribution in [2.75, 3.05) is 5.32 Å². The molecule has 0 saturated heterocycles. The zero-order valence-corrected chi connectivity index (χ0v) is 14.4. The lowest BCUT2D eigenvalue weighted by Crippen LogP contribution is -2.30. The molecule has 132 valence electrons. The van der Waals surface area contributed by atoms with Crippen LogP contribution in [0.3, 0.4) is 0 Å². The molecule has 6 heteroatoms. The molecular formula is C20H18N2O4. The molecule has 0 aliphatic heterocycles. The summed E-state index contributed by atoms with van der Waals surface area (Å²) in [5, 5.41) is 3.25. The number of aromatic nitrogens is 1. The third-order valence-corrected chi connectivity index (χ3v) is 3.94. The summed E-state index contributed by atoms with van der Waals surface area (Å²) in [6.07, 6.45) is -1.01. The van der Waals surface area contributed by atoms with Gasteiger partial charge in [0.1, 0.15) is 0 Å². The zero-order chi connectivity index (χ0) is 18.7. The first kappa shape index (κ1) is 17.4. The topological polar surface area (TPSA) is 88.3 Å². The number of carbonyl (C=O) groups is 2. The van der Waals surface area contributed by atoms with Crippen LogP contribution in [-0.2, 0) is 9.53 Å². The smallest absolute Gasteiger partial charge is 0.339 e. The van der Waals surface area contributed by atoms with Gasteiger partial charge in [0.15, 0.2) is 6.10 Å². The van der Waals surface area contributed by atoms with Gasteiger partial charge >= 0.3 is 5.97 Å². The Morgan fingerprint density at radius 2 is 1.77 bits per heavy atom. The highest BCUT2D eigenvalue weighted by Crippen LogP contribution is 2.16. The van der Waals surface area contributed by atoms with E-state index in [0.29, 0.717) is 16.6 Å². The second-order valence-electron chi connectivity index (χ2n) is 6.00. The number of fused-ring (bicyclic) bond motifs is 1. The second-order valence-corrected chi connectivity index (χ2v) is 6.00. The van der Waals surface area contributed by atoms with Crippen LogP contribution in [0.25, 0.3) is 10.9 Å². The van der Waals surface area contributed by atoms with Gasteiger partial charge in [0.25, 0.3) is 5.91 Å². The summed E-state index contributed by atoms with van der Waals surface area (Å²) >= 11 is 0. The molecule has 0 unspecified atom stereocenters. The lowest BCUT2D eigenvalue weighted by molar-refractivity contribution is -0.123. The average molecular weight is 350 g/mol. The van der Waals surface area contributed by atoms with Crippen molar-refractivity contribution in [1.82, 2.24) is 4.98 Å². The number of ether oxygens (including phenoxy) is 1. The molecular weight excluding hydrogens is 332 g/mol. The van der Waals surface area contributed by atoms with E-state index in [0.717, 1.165) is 5.56 Å². The molecule has 1 amide bonds. The van der Waals surface area contributed by atoms with Crippen molar-refractivity contribution < 1.29 is 14.3 Å². The Labute approximate surface area is 149 Å². The number of rotatable bonds is 4. The van der Waals surface area contributed by atoms with Crippen molar-refractivity contribution in [3.63, 3.8) is 0 Å². The lowest BCUT2D eigenvalue weighted by atomic mass is 10.1. The van der Waals surface area contributed by atoms with E-state index < -0.39 is 23.5 Å². The Balaban J connectivity index is 1.76. The number of amides is 1. The molecule has 0 bridgehead atoms. The number of hydrogen-bond donors (Lipinski definition) is 2. The number of benzene rings is 2. The van der Waals surface area contributed by atoms with Crippen LogP contribution < -0.4 is 10.9 Å². The Morgan fingerprint density at radius 1 is 1.08 bits per heavy atom. The third-order valence-electron chi connectivity index (χ3n) is 3.94. The van der Waals surface area contributed by atoms with Crippen molar-refractivity contribution in [2.45, 2.75) is 20.0 Å². The zero-order valence-electron chi connectivity index (χ0n) is 14.4. The maximum absolute atomic E-state index is 12.5. The fourth-order valence-electron chi connectivity index (χ4n) is 2.53. The van der Waals surface area contributed by atoms with Crippen LogP contribution in [0.2, 0.25) is 0 Å². The fourth-order valence-corrected chi connectivity index (χ4v) is 2.53. The van der Waals surface area contributed by atoms with Gasteiger partial charge in [-0.05, 0) is 32.0 Å². The number of nitrogens with one attached hydrogen (secondary N) is 2. The first-order valence-corrected chi connectivity index (χ1v) is 8.14. The number of pyridine rings is 1. The summed E-state index contributed by atoms with van der Waals surface area (Å²) in [5.41, 5.74) is 1.93. The predicted molar refractivity (Wildman–Crippen MR) is 99.3 cm³/mol. The van der Waals surface area contributed by atoms with Crippen molar-refractivity contribution in [1.29, 1.82) is 0 Å². The molecule has 3 aromatic rings. The number of hydrogen-bond acceptors (Lipinski definition) is 4. The standard InChI is InChI=1S/C20H18N2O4/c1-12-7-9-14(10-8-12)21-19(24)13(2)26-20(25)16-11-18(23)22-17-6-4-3-5-15(16)17/h3-11,13H,1-2H3,(H,21,24)(H,22,23)/t13-/m1/s1. The number of anilines is 1. The summed E-state index contributed by atoms with van der Waals surface area (Å²) in [5.74, 6) is -1.17. The van der Waals surface area contributed by atoms with Crippen LogP contribution in [0.5, 0.6) is 0 Å². The molecule has 0 spiro atoms. The van der Waals surface area contributed by atoms with E-state index >= 15 is 0 Å². The van der Waals surface area contributed by atoms with Crippen molar-refractivity contribution in [3.8, 4) is 0 Å². The third kappa shape index (κ3) is 3.80. The Bertz CT molecular complexity index is 1020. The van der Waals surface area contributed by atoms with E-state index in [1.54, 1.807) is 36.4 Å². The number of esters is 1. The summed E-state index contributed by atoms with van der Waals surface area (Å²) in [4.78, 5) is 39.1. The highest BCUT2D eigenvalue weighted by molar-refractivity contribution is 6.04. The highest BCUT2D eigenvalue weighted by Gasteiger charge is 2.21. The molecule has 0 saturated carbocycles. The van der Waals surface area contributed by atoms with Crippen LogP contribution in [0.15, 0.2) is 59.4 Å². The van der Waals surface area contributed by atoms with Gasteiger partial charge in [-0.1, -0.05) is 35.9 Å². The van der Waals surface area contributed by atoms with Crippen LogP contribution in [0, 0.1) is 6.92 Å². The molecule has 1 heterocycles. The van der Waals surface area contributed by atoms with Gasteiger partial charge in [0, 0.05) is 22.7 Å². The minimum absolute atomic E-state index is 0.124. The van der Waals surface area contributed by atoms with E-state index in [-0.39, 0.29) is 5.56 Å². The molecule has 2 N–H and O–H groups in total. The predicted octanol–water partition coefficient (Wildman–Crippen LogP) is 3.02. The number of carbonyl (C=O) groups excluding carboxylic acids is 2. The monoisotopic (exact) mass is 350 g/mol. The molecule has 0 aliphatic carbocycles. The van der Waals surface area contributed by atoms with Crippen LogP contribution in [-0.4, -0.2) is 23.0 Å². The molecule has 3 rings (SSSR count). The van der Waals surface area contributed by atoms with Gasteiger partial charge in [-0.15, -0.1) is 0 Å². The molecule has 0 fully saturated rings. The van der Waals surface area contributed by atoms with Gasteiger partial charge in [-0.3, -0.25) is 9.59 Å². The average Bonchev–Trinajstić information content (AvgIpc) is 2.62. The summed E-state index contributed by atoms with van der Waals surface area (Å²) in [7, 11) is 0. The van der Waals surface area contributed by atoms with Gasteiger partial charge in [0.2, 0.25) is 5.56 Å². The fraction of sp³-hybridized carbons (Fsp3) is 0.150. The SMILES string of the molecule is Cc1ccc(NC(=O)[C@@H](C)OC(=O)c2cc(=O)[nH]c3ccccc23)cc1. The lowest BCUT2D eigenvalue weighted by Gasteiger charge is -2.14. The van der Waals surface area contributed by atoms with E-state index in [2.05, 4.69) is 10.3 Å². The van der Waals surface area contributed by atoms with Crippen LogP contribution in [0.1, 0.15) is 22.8 Å². The molecule has 0 aliphatic rings. The molecule has 26 heavy (non-hydrogen) atoms. The quantitative estimate of drug-likeness (QED) is 0.708. The number of H-pyrrole nitrogens is 1. The maximum atomic E-state index is 12.5. The second kappa shape index (κ2) is 7.23. The van der Waals surface area contributed by atoms with Gasteiger partial charge in [-0.2, -0.15) is 0 Å². The number of aromatic amines is 1. The van der Waals surface area contributed by atoms with Crippen molar-refractivity contribution in [2.24, 2.45) is 0 Å². The molecule has 6 nitrogen and oxygen atoms in total. The van der Waals surface area contributed by atoms with Crippen LogP contribution >= 0.6 is 0 Å². The summed E-state index contributed by atoms with van der Waals surface area (Å²) < 4.78 is 5.25. The van der Waals surface area contributed by atoms with E-state index in [9.17, 15) is 14.4 Å². The molecule has 1 atom stereocenters. The van der Waals surface area contributed by atoms with E-state index in [1.165, 1.54) is 13.0 Å². The van der Waals surface area contributed by atoms with Crippen molar-refractivity contribution >= 4 is 28.5 Å². The maximum Gasteiger partial charge on any atom is 0.339 e. The van der Waals surface area contributed by atoms with Crippen LogP contribution in [0.4, 0.5) is 5.69 Å². The molecule has 2 aromatic carbocycles. The first-order valence-electron chi connectivity index (χ1n) is 8.14. The normalized spacial score (nSPS) is 11.8. The molecule has 1 aromatic heterocycles.